The summed E-state index contributed by atoms with van der Waals surface area (Å²) in [5, 5.41) is 3.08. The fraction of sp³-hybridized carbons (Fsp3) is 0.450. The van der Waals surface area contributed by atoms with E-state index >= 15 is 0 Å². The van der Waals surface area contributed by atoms with E-state index in [-0.39, 0.29) is 18.1 Å². The maximum Gasteiger partial charge on any atom is 0.224 e. The van der Waals surface area contributed by atoms with Gasteiger partial charge in [-0.05, 0) is 37.5 Å². The molecule has 6 heteroatoms. The van der Waals surface area contributed by atoms with Crippen LogP contribution in [0.5, 0.6) is 0 Å². The minimum atomic E-state index is 0.0437. The Labute approximate surface area is 154 Å². The third-order valence-electron chi connectivity index (χ3n) is 4.96. The van der Waals surface area contributed by atoms with Crippen molar-refractivity contribution in [2.24, 2.45) is 0 Å². The zero-order valence-electron chi connectivity index (χ0n) is 15.6. The fourth-order valence-corrected chi connectivity index (χ4v) is 3.43. The number of carbonyl (C=O) groups is 1. The maximum absolute atomic E-state index is 12.4. The lowest BCUT2D eigenvalue weighted by molar-refractivity contribution is -0.120. The van der Waals surface area contributed by atoms with Crippen LogP contribution in [0.3, 0.4) is 0 Å². The van der Waals surface area contributed by atoms with Gasteiger partial charge in [-0.3, -0.25) is 4.79 Å². The van der Waals surface area contributed by atoms with Crippen molar-refractivity contribution in [2.75, 3.05) is 25.1 Å². The minimum Gasteiger partial charge on any atom is -0.380 e. The predicted octanol–water partition coefficient (Wildman–Crippen LogP) is 2.05. The van der Waals surface area contributed by atoms with E-state index in [2.05, 4.69) is 38.4 Å². The smallest absolute Gasteiger partial charge is 0.224 e. The molecule has 1 fully saturated rings. The predicted molar refractivity (Wildman–Crippen MR) is 101 cm³/mol. The molecule has 0 unspecified atom stereocenters. The summed E-state index contributed by atoms with van der Waals surface area (Å²) in [7, 11) is 1.73. The summed E-state index contributed by atoms with van der Waals surface area (Å²) in [6.45, 7) is 5.43. The van der Waals surface area contributed by atoms with E-state index < -0.39 is 0 Å². The molecule has 2 aromatic rings. The first kappa shape index (κ1) is 18.3. The molecule has 1 N–H and O–H groups in total. The number of rotatable bonds is 6. The van der Waals surface area contributed by atoms with Crippen LogP contribution in [0.25, 0.3) is 0 Å². The van der Waals surface area contributed by atoms with Crippen molar-refractivity contribution in [3.05, 3.63) is 53.5 Å². The summed E-state index contributed by atoms with van der Waals surface area (Å²) in [5.41, 5.74) is 3.40. The van der Waals surface area contributed by atoms with E-state index in [1.807, 2.05) is 19.9 Å². The van der Waals surface area contributed by atoms with Crippen LogP contribution in [0.4, 0.5) is 5.82 Å². The SMILES string of the molecule is CO[C@@H]1C[C@H](CNC(=O)Cc2cc(C)ccc2C)N(c2ccncn2)C1. The number of carbonyl (C=O) groups excluding carboxylic acids is 1. The zero-order chi connectivity index (χ0) is 18.5. The normalized spacial score (nSPS) is 19.6. The van der Waals surface area contributed by atoms with Gasteiger partial charge in [0.1, 0.15) is 12.1 Å². The molecule has 2 atom stereocenters. The van der Waals surface area contributed by atoms with Crippen molar-refractivity contribution in [1.82, 2.24) is 15.3 Å². The van der Waals surface area contributed by atoms with Crippen molar-refractivity contribution in [3.8, 4) is 0 Å². The number of nitrogens with zero attached hydrogens (tertiary/aromatic N) is 3. The van der Waals surface area contributed by atoms with Gasteiger partial charge in [0.05, 0.1) is 18.6 Å². The van der Waals surface area contributed by atoms with Gasteiger partial charge >= 0.3 is 0 Å². The molecule has 1 aliphatic rings. The number of methoxy groups -OCH3 is 1. The van der Waals surface area contributed by atoms with E-state index in [1.54, 1.807) is 19.6 Å². The van der Waals surface area contributed by atoms with Gasteiger partial charge < -0.3 is 15.0 Å². The van der Waals surface area contributed by atoms with Gasteiger partial charge in [0, 0.05) is 26.4 Å². The van der Waals surface area contributed by atoms with Crippen LogP contribution in [0.15, 0.2) is 36.8 Å². The van der Waals surface area contributed by atoms with Crippen LogP contribution in [-0.4, -0.2) is 48.2 Å². The lowest BCUT2D eigenvalue weighted by Gasteiger charge is -2.25. The minimum absolute atomic E-state index is 0.0437. The molecule has 1 amide bonds. The lowest BCUT2D eigenvalue weighted by atomic mass is 10.0. The lowest BCUT2D eigenvalue weighted by Crippen LogP contribution is -2.41. The number of ether oxygens (including phenoxy) is 1. The summed E-state index contributed by atoms with van der Waals surface area (Å²) in [6, 6.07) is 8.27. The van der Waals surface area contributed by atoms with Gasteiger partial charge in [-0.1, -0.05) is 23.8 Å². The first-order valence-electron chi connectivity index (χ1n) is 8.95. The van der Waals surface area contributed by atoms with Gasteiger partial charge in [-0.15, -0.1) is 0 Å². The van der Waals surface area contributed by atoms with E-state index in [1.165, 1.54) is 5.56 Å². The molecule has 2 heterocycles. The summed E-state index contributed by atoms with van der Waals surface area (Å²) >= 11 is 0. The molecule has 1 saturated heterocycles. The number of anilines is 1. The van der Waals surface area contributed by atoms with Crippen LogP contribution in [-0.2, 0) is 16.0 Å². The van der Waals surface area contributed by atoms with E-state index in [9.17, 15) is 4.79 Å². The molecular weight excluding hydrogens is 328 g/mol. The van der Waals surface area contributed by atoms with Gasteiger partial charge in [0.2, 0.25) is 5.91 Å². The van der Waals surface area contributed by atoms with Crippen molar-refractivity contribution in [1.29, 1.82) is 0 Å². The number of benzene rings is 1. The Morgan fingerprint density at radius 1 is 1.35 bits per heavy atom. The molecule has 0 radical (unpaired) electrons. The molecule has 0 saturated carbocycles. The van der Waals surface area contributed by atoms with E-state index in [0.717, 1.165) is 29.9 Å². The highest BCUT2D eigenvalue weighted by atomic mass is 16.5. The Balaban J connectivity index is 1.61. The Bertz CT molecular complexity index is 751. The molecule has 1 aromatic carbocycles. The van der Waals surface area contributed by atoms with Crippen LogP contribution in [0.1, 0.15) is 23.1 Å². The fourth-order valence-electron chi connectivity index (χ4n) is 3.43. The van der Waals surface area contributed by atoms with Crippen LogP contribution < -0.4 is 10.2 Å². The van der Waals surface area contributed by atoms with Crippen molar-refractivity contribution >= 4 is 11.7 Å². The summed E-state index contributed by atoms with van der Waals surface area (Å²) < 4.78 is 5.53. The van der Waals surface area contributed by atoms with Crippen molar-refractivity contribution < 1.29 is 9.53 Å². The molecule has 26 heavy (non-hydrogen) atoms. The van der Waals surface area contributed by atoms with Crippen LogP contribution in [0.2, 0.25) is 0 Å². The van der Waals surface area contributed by atoms with Crippen molar-refractivity contribution in [2.45, 2.75) is 38.8 Å². The first-order valence-corrected chi connectivity index (χ1v) is 8.95. The Hall–Kier alpha value is -2.47. The average Bonchev–Trinajstić information content (AvgIpc) is 3.07. The number of amides is 1. The van der Waals surface area contributed by atoms with Crippen LogP contribution >= 0.6 is 0 Å². The average molecular weight is 354 g/mol. The highest BCUT2D eigenvalue weighted by Gasteiger charge is 2.33. The van der Waals surface area contributed by atoms with E-state index in [4.69, 9.17) is 4.74 Å². The maximum atomic E-state index is 12.4. The third-order valence-corrected chi connectivity index (χ3v) is 4.96. The molecule has 0 spiro atoms. The number of hydrogen-bond acceptors (Lipinski definition) is 5. The first-order chi connectivity index (χ1) is 12.6. The number of aromatic nitrogens is 2. The number of hydrogen-bond donors (Lipinski definition) is 1. The van der Waals surface area contributed by atoms with E-state index in [0.29, 0.717) is 13.0 Å². The standard InChI is InChI=1S/C20H26N4O2/c1-14-4-5-15(2)16(8-14)9-20(25)22-11-17-10-18(26-3)12-24(17)19-6-7-21-13-23-19/h4-8,13,17-18H,9-12H2,1-3H3,(H,22,25)/t17-,18-/m1/s1. The largest absolute Gasteiger partial charge is 0.380 e. The van der Waals surface area contributed by atoms with Gasteiger partial charge in [-0.2, -0.15) is 0 Å². The Morgan fingerprint density at radius 2 is 2.19 bits per heavy atom. The molecule has 0 bridgehead atoms. The molecule has 1 aromatic heterocycles. The second-order valence-corrected chi connectivity index (χ2v) is 6.88. The summed E-state index contributed by atoms with van der Waals surface area (Å²) in [6.07, 6.45) is 4.70. The van der Waals surface area contributed by atoms with Gasteiger partial charge in [0.25, 0.3) is 0 Å². The van der Waals surface area contributed by atoms with Crippen LogP contribution in [0, 0.1) is 13.8 Å². The number of aryl methyl sites for hydroxylation is 2. The molecule has 1 aliphatic heterocycles. The monoisotopic (exact) mass is 354 g/mol. The number of nitrogens with one attached hydrogen (secondary N) is 1. The second-order valence-electron chi connectivity index (χ2n) is 6.88. The van der Waals surface area contributed by atoms with Gasteiger partial charge in [-0.25, -0.2) is 9.97 Å². The van der Waals surface area contributed by atoms with Crippen molar-refractivity contribution in [3.63, 3.8) is 0 Å². The highest BCUT2D eigenvalue weighted by Crippen LogP contribution is 2.24. The molecule has 3 rings (SSSR count). The second kappa shape index (κ2) is 8.27. The third kappa shape index (κ3) is 4.38. The Morgan fingerprint density at radius 3 is 2.92 bits per heavy atom. The topological polar surface area (TPSA) is 67.3 Å². The Kier molecular flexibility index (Phi) is 5.83. The molecule has 0 aliphatic carbocycles. The summed E-state index contributed by atoms with van der Waals surface area (Å²) in [5.74, 6) is 0.913. The highest BCUT2D eigenvalue weighted by molar-refractivity contribution is 5.79. The zero-order valence-corrected chi connectivity index (χ0v) is 15.6. The van der Waals surface area contributed by atoms with Gasteiger partial charge in [0.15, 0.2) is 0 Å². The quantitative estimate of drug-likeness (QED) is 0.860. The molecule has 6 nitrogen and oxygen atoms in total. The molecule has 138 valence electrons. The summed E-state index contributed by atoms with van der Waals surface area (Å²) in [4.78, 5) is 22.9. The molecular formula is C20H26N4O2.